The lowest BCUT2D eigenvalue weighted by atomic mass is 10.3. The van der Waals surface area contributed by atoms with E-state index in [0.717, 1.165) is 25.3 Å². The van der Waals surface area contributed by atoms with Crippen molar-refractivity contribution in [2.45, 2.75) is 32.7 Å². The first kappa shape index (κ1) is 13.5. The molecule has 0 radical (unpaired) electrons. The third-order valence-corrected chi connectivity index (χ3v) is 3.59. The molecular formula is C13H24N4O. The normalized spacial score (nSPS) is 18.8. The highest BCUT2D eigenvalue weighted by molar-refractivity contribution is 5.19. The molecule has 0 bridgehead atoms. The van der Waals surface area contributed by atoms with Crippen LogP contribution in [0.15, 0.2) is 0 Å². The smallest absolute Gasteiger partial charge is 0.154 e. The highest BCUT2D eigenvalue weighted by Gasteiger charge is 2.24. The van der Waals surface area contributed by atoms with Crippen molar-refractivity contribution in [3.05, 3.63) is 17.2 Å². The molecule has 0 saturated heterocycles. The standard InChI is InChI=1S/C13H24N4O/c1-10-12(13(18-5)15(2)3)14-11-7-6-8-16(4)9-17(10)11/h13H,6-9H2,1-5H3. The van der Waals surface area contributed by atoms with Crippen LogP contribution in [0.3, 0.4) is 0 Å². The van der Waals surface area contributed by atoms with E-state index in [9.17, 15) is 0 Å². The molecule has 0 aliphatic carbocycles. The maximum atomic E-state index is 5.55. The Morgan fingerprint density at radius 2 is 2.11 bits per heavy atom. The molecular weight excluding hydrogens is 228 g/mol. The predicted molar refractivity (Wildman–Crippen MR) is 71.4 cm³/mol. The Hall–Kier alpha value is -0.910. The van der Waals surface area contributed by atoms with Gasteiger partial charge in [-0.15, -0.1) is 0 Å². The summed E-state index contributed by atoms with van der Waals surface area (Å²) in [5, 5.41) is 0. The van der Waals surface area contributed by atoms with Gasteiger partial charge in [0.05, 0.1) is 6.67 Å². The first-order chi connectivity index (χ1) is 8.54. The zero-order valence-electron chi connectivity index (χ0n) is 12.1. The molecule has 1 aliphatic rings. The average molecular weight is 252 g/mol. The van der Waals surface area contributed by atoms with Gasteiger partial charge in [-0.05, 0) is 41.0 Å². The van der Waals surface area contributed by atoms with Crippen LogP contribution in [0.4, 0.5) is 0 Å². The highest BCUT2D eigenvalue weighted by Crippen LogP contribution is 2.24. The van der Waals surface area contributed by atoms with Gasteiger partial charge in [-0.1, -0.05) is 0 Å². The molecule has 0 amide bonds. The van der Waals surface area contributed by atoms with Crippen LogP contribution in [0.1, 0.15) is 29.9 Å². The van der Waals surface area contributed by atoms with E-state index in [0.29, 0.717) is 0 Å². The van der Waals surface area contributed by atoms with Crippen molar-refractivity contribution >= 4 is 0 Å². The van der Waals surface area contributed by atoms with Crippen molar-refractivity contribution in [3.8, 4) is 0 Å². The van der Waals surface area contributed by atoms with E-state index in [-0.39, 0.29) is 6.23 Å². The highest BCUT2D eigenvalue weighted by atomic mass is 16.5. The SMILES string of the molecule is COC(c1nc2n(c1C)CN(C)CCC2)N(C)C. The summed E-state index contributed by atoms with van der Waals surface area (Å²) in [5.41, 5.74) is 2.27. The van der Waals surface area contributed by atoms with E-state index in [4.69, 9.17) is 9.72 Å². The van der Waals surface area contributed by atoms with Crippen molar-refractivity contribution in [3.63, 3.8) is 0 Å². The van der Waals surface area contributed by atoms with Crippen molar-refractivity contribution < 1.29 is 4.74 Å². The van der Waals surface area contributed by atoms with Crippen molar-refractivity contribution in [2.75, 3.05) is 34.8 Å². The largest absolute Gasteiger partial charge is 0.360 e. The maximum absolute atomic E-state index is 5.55. The molecule has 0 N–H and O–H groups in total. The zero-order chi connectivity index (χ0) is 13.3. The van der Waals surface area contributed by atoms with Crippen LogP contribution in [0.25, 0.3) is 0 Å². The first-order valence-corrected chi connectivity index (χ1v) is 6.48. The monoisotopic (exact) mass is 252 g/mol. The molecule has 2 rings (SSSR count). The Balaban J connectivity index is 2.37. The van der Waals surface area contributed by atoms with Crippen molar-refractivity contribution in [2.24, 2.45) is 0 Å². The number of hydrogen-bond acceptors (Lipinski definition) is 4. The number of nitrogens with zero attached hydrogens (tertiary/aromatic N) is 4. The number of methoxy groups -OCH3 is 1. The quantitative estimate of drug-likeness (QED) is 0.758. The number of aromatic nitrogens is 2. The minimum atomic E-state index is -0.0604. The molecule has 1 aliphatic heterocycles. The minimum absolute atomic E-state index is 0.0604. The van der Waals surface area contributed by atoms with Gasteiger partial charge in [-0.25, -0.2) is 4.98 Å². The average Bonchev–Trinajstić information content (AvgIpc) is 2.49. The Morgan fingerprint density at radius 3 is 2.72 bits per heavy atom. The van der Waals surface area contributed by atoms with E-state index in [1.54, 1.807) is 7.11 Å². The first-order valence-electron chi connectivity index (χ1n) is 6.48. The lowest BCUT2D eigenvalue weighted by molar-refractivity contribution is -0.00895. The van der Waals surface area contributed by atoms with Crippen molar-refractivity contribution in [1.29, 1.82) is 0 Å². The number of imidazole rings is 1. The van der Waals surface area contributed by atoms with Crippen LogP contribution >= 0.6 is 0 Å². The molecule has 1 atom stereocenters. The van der Waals surface area contributed by atoms with Gasteiger partial charge < -0.3 is 9.30 Å². The molecule has 1 unspecified atom stereocenters. The molecule has 0 fully saturated rings. The molecule has 102 valence electrons. The van der Waals surface area contributed by atoms with Gasteiger partial charge in [0, 0.05) is 19.2 Å². The lowest BCUT2D eigenvalue weighted by Gasteiger charge is -2.22. The van der Waals surface area contributed by atoms with Gasteiger partial charge in [0.2, 0.25) is 0 Å². The summed E-state index contributed by atoms with van der Waals surface area (Å²) in [4.78, 5) is 9.20. The van der Waals surface area contributed by atoms with Crippen LogP contribution in [0.5, 0.6) is 0 Å². The van der Waals surface area contributed by atoms with Crippen LogP contribution in [0.2, 0.25) is 0 Å². The molecule has 1 aromatic rings. The molecule has 5 nitrogen and oxygen atoms in total. The fraction of sp³-hybridized carbons (Fsp3) is 0.769. The Kier molecular flexibility index (Phi) is 4.04. The van der Waals surface area contributed by atoms with Gasteiger partial charge in [-0.3, -0.25) is 9.80 Å². The second kappa shape index (κ2) is 5.38. The van der Waals surface area contributed by atoms with Crippen molar-refractivity contribution in [1.82, 2.24) is 19.4 Å². The fourth-order valence-electron chi connectivity index (χ4n) is 2.61. The predicted octanol–water partition coefficient (Wildman–Crippen LogP) is 1.23. The number of ether oxygens (including phenoxy) is 1. The van der Waals surface area contributed by atoms with Gasteiger partial charge in [0.25, 0.3) is 0 Å². The van der Waals surface area contributed by atoms with Gasteiger partial charge in [-0.2, -0.15) is 0 Å². The van der Waals surface area contributed by atoms with Crippen LogP contribution in [-0.4, -0.2) is 54.1 Å². The summed E-state index contributed by atoms with van der Waals surface area (Å²) < 4.78 is 7.87. The molecule has 0 aromatic carbocycles. The number of hydrogen-bond donors (Lipinski definition) is 0. The second-order valence-electron chi connectivity index (χ2n) is 5.30. The Labute approximate surface area is 109 Å². The summed E-state index contributed by atoms with van der Waals surface area (Å²) in [7, 11) is 7.93. The number of rotatable bonds is 3. The number of fused-ring (bicyclic) bond motifs is 1. The summed E-state index contributed by atoms with van der Waals surface area (Å²) in [6.07, 6.45) is 2.16. The molecule has 2 heterocycles. The third kappa shape index (κ3) is 2.43. The topological polar surface area (TPSA) is 33.5 Å². The summed E-state index contributed by atoms with van der Waals surface area (Å²) in [6.45, 7) is 4.21. The van der Waals surface area contributed by atoms with E-state index < -0.39 is 0 Å². The van der Waals surface area contributed by atoms with E-state index in [1.165, 1.54) is 17.9 Å². The molecule has 0 spiro atoms. The second-order valence-corrected chi connectivity index (χ2v) is 5.30. The molecule has 0 saturated carbocycles. The fourth-order valence-corrected chi connectivity index (χ4v) is 2.61. The summed E-state index contributed by atoms with van der Waals surface area (Å²) in [6, 6.07) is 0. The summed E-state index contributed by atoms with van der Waals surface area (Å²) >= 11 is 0. The van der Waals surface area contributed by atoms with Gasteiger partial charge in [0.15, 0.2) is 6.23 Å². The third-order valence-electron chi connectivity index (χ3n) is 3.59. The van der Waals surface area contributed by atoms with Crippen LogP contribution in [-0.2, 0) is 17.8 Å². The van der Waals surface area contributed by atoms with Crippen LogP contribution in [0, 0.1) is 6.92 Å². The summed E-state index contributed by atoms with van der Waals surface area (Å²) in [5.74, 6) is 1.19. The lowest BCUT2D eigenvalue weighted by Crippen LogP contribution is -2.24. The Bertz CT molecular complexity index is 413. The van der Waals surface area contributed by atoms with Crippen LogP contribution < -0.4 is 0 Å². The Morgan fingerprint density at radius 1 is 1.39 bits per heavy atom. The van der Waals surface area contributed by atoms with E-state index in [2.05, 4.69) is 28.3 Å². The van der Waals surface area contributed by atoms with Gasteiger partial charge >= 0.3 is 0 Å². The van der Waals surface area contributed by atoms with E-state index >= 15 is 0 Å². The maximum Gasteiger partial charge on any atom is 0.154 e. The molecule has 1 aromatic heterocycles. The molecule has 5 heteroatoms. The minimum Gasteiger partial charge on any atom is -0.360 e. The number of aryl methyl sites for hydroxylation is 1. The van der Waals surface area contributed by atoms with Gasteiger partial charge in [0.1, 0.15) is 11.5 Å². The van der Waals surface area contributed by atoms with E-state index in [1.807, 2.05) is 14.1 Å². The zero-order valence-corrected chi connectivity index (χ0v) is 12.1. The molecule has 18 heavy (non-hydrogen) atoms.